The van der Waals surface area contributed by atoms with Gasteiger partial charge >= 0.3 is 6.18 Å². The highest BCUT2D eigenvalue weighted by Gasteiger charge is 2.37. The monoisotopic (exact) mass is 362 g/mol. The quantitative estimate of drug-likeness (QED) is 0.799. The summed E-state index contributed by atoms with van der Waals surface area (Å²) in [6.45, 7) is 6.21. The Hall–Kier alpha value is -2.50. The van der Waals surface area contributed by atoms with E-state index in [1.165, 1.54) is 23.1 Å². The van der Waals surface area contributed by atoms with Crippen LogP contribution in [0, 0.1) is 13.8 Å². The molecular weight excluding hydrogens is 341 g/mol. The van der Waals surface area contributed by atoms with E-state index < -0.39 is 17.6 Å². The molecule has 0 aliphatic carbocycles. The predicted molar refractivity (Wildman–Crippen MR) is 96.7 cm³/mol. The number of nitrogens with one attached hydrogen (secondary N) is 1. The lowest BCUT2D eigenvalue weighted by atomic mass is 10.00. The standard InChI is InChI=1S/C20H21F3N2O/c1-4-14-11-25(18-10-13(3)12(2)9-17(18)24-14)19(26)15-7-5-6-8-16(15)20(21,22)23/h5-10,14,24H,4,11H2,1-3H3. The Bertz CT molecular complexity index is 845. The number of carbonyl (C=O) groups is 1. The third-order valence-electron chi connectivity index (χ3n) is 4.87. The van der Waals surface area contributed by atoms with E-state index in [0.29, 0.717) is 12.2 Å². The largest absolute Gasteiger partial charge is 0.417 e. The van der Waals surface area contributed by atoms with Crippen LogP contribution in [0.15, 0.2) is 36.4 Å². The van der Waals surface area contributed by atoms with Crippen molar-refractivity contribution in [3.8, 4) is 0 Å². The second-order valence-electron chi connectivity index (χ2n) is 6.66. The number of aryl methyl sites for hydroxylation is 2. The molecule has 6 heteroatoms. The number of hydrogen-bond acceptors (Lipinski definition) is 2. The van der Waals surface area contributed by atoms with Gasteiger partial charge in [-0.05, 0) is 55.7 Å². The van der Waals surface area contributed by atoms with Crippen molar-refractivity contribution in [2.24, 2.45) is 0 Å². The number of anilines is 2. The van der Waals surface area contributed by atoms with Crippen molar-refractivity contribution in [2.75, 3.05) is 16.8 Å². The molecule has 0 spiro atoms. The van der Waals surface area contributed by atoms with Crippen LogP contribution in [-0.2, 0) is 6.18 Å². The van der Waals surface area contributed by atoms with Gasteiger partial charge in [0, 0.05) is 12.6 Å². The van der Waals surface area contributed by atoms with Crippen molar-refractivity contribution in [1.29, 1.82) is 0 Å². The molecule has 1 amide bonds. The van der Waals surface area contributed by atoms with Gasteiger partial charge in [-0.15, -0.1) is 0 Å². The molecule has 2 aromatic rings. The average Bonchev–Trinajstić information content (AvgIpc) is 2.60. The Balaban J connectivity index is 2.10. The lowest BCUT2D eigenvalue weighted by Gasteiger charge is -2.36. The molecule has 0 saturated carbocycles. The lowest BCUT2D eigenvalue weighted by molar-refractivity contribution is -0.137. The van der Waals surface area contributed by atoms with Crippen molar-refractivity contribution >= 4 is 17.3 Å². The zero-order chi connectivity index (χ0) is 19.1. The molecule has 1 heterocycles. The first-order chi connectivity index (χ1) is 12.2. The summed E-state index contributed by atoms with van der Waals surface area (Å²) in [4.78, 5) is 14.6. The van der Waals surface area contributed by atoms with Crippen LogP contribution >= 0.6 is 0 Å². The molecule has 3 rings (SSSR count). The zero-order valence-electron chi connectivity index (χ0n) is 14.9. The topological polar surface area (TPSA) is 32.3 Å². The summed E-state index contributed by atoms with van der Waals surface area (Å²) >= 11 is 0. The molecule has 1 atom stereocenters. The highest BCUT2D eigenvalue weighted by atomic mass is 19.4. The fourth-order valence-electron chi connectivity index (χ4n) is 3.21. The summed E-state index contributed by atoms with van der Waals surface area (Å²) in [5.41, 5.74) is 2.24. The molecular formula is C20H21F3N2O. The van der Waals surface area contributed by atoms with E-state index in [1.807, 2.05) is 32.9 Å². The fraction of sp³-hybridized carbons (Fsp3) is 0.350. The smallest absolute Gasteiger partial charge is 0.379 e. The molecule has 1 unspecified atom stereocenters. The zero-order valence-corrected chi connectivity index (χ0v) is 14.9. The minimum atomic E-state index is -4.57. The summed E-state index contributed by atoms with van der Waals surface area (Å²) < 4.78 is 40.0. The highest BCUT2D eigenvalue weighted by Crippen LogP contribution is 2.37. The maximum absolute atomic E-state index is 13.3. The van der Waals surface area contributed by atoms with Gasteiger partial charge < -0.3 is 10.2 Å². The number of rotatable bonds is 2. The van der Waals surface area contributed by atoms with Crippen LogP contribution in [0.4, 0.5) is 24.5 Å². The number of halogens is 3. The summed E-state index contributed by atoms with van der Waals surface area (Å²) in [7, 11) is 0. The van der Waals surface area contributed by atoms with Crippen molar-refractivity contribution in [1.82, 2.24) is 0 Å². The minimum Gasteiger partial charge on any atom is -0.379 e. The number of fused-ring (bicyclic) bond motifs is 1. The lowest BCUT2D eigenvalue weighted by Crippen LogP contribution is -2.45. The number of benzene rings is 2. The van der Waals surface area contributed by atoms with Crippen molar-refractivity contribution in [2.45, 2.75) is 39.4 Å². The van der Waals surface area contributed by atoms with Crippen LogP contribution < -0.4 is 10.2 Å². The summed E-state index contributed by atoms with van der Waals surface area (Å²) in [6, 6.07) is 8.76. The van der Waals surface area contributed by atoms with E-state index in [-0.39, 0.29) is 11.6 Å². The molecule has 1 N–H and O–H groups in total. The number of hydrogen-bond donors (Lipinski definition) is 1. The van der Waals surface area contributed by atoms with Crippen LogP contribution in [0.25, 0.3) is 0 Å². The molecule has 138 valence electrons. The first-order valence-corrected chi connectivity index (χ1v) is 8.58. The predicted octanol–water partition coefficient (Wildman–Crippen LogP) is 5.17. The van der Waals surface area contributed by atoms with Crippen LogP contribution in [0.5, 0.6) is 0 Å². The van der Waals surface area contributed by atoms with Gasteiger partial charge in [0.05, 0.1) is 22.5 Å². The summed E-state index contributed by atoms with van der Waals surface area (Å²) in [6.07, 6.45) is -3.81. The first kappa shape index (κ1) is 18.3. The molecule has 26 heavy (non-hydrogen) atoms. The van der Waals surface area contributed by atoms with Crippen LogP contribution in [0.1, 0.15) is 40.4 Å². The third-order valence-corrected chi connectivity index (χ3v) is 4.87. The SMILES string of the molecule is CCC1CN(C(=O)c2ccccc2C(F)(F)F)c2cc(C)c(C)cc2N1. The minimum absolute atomic E-state index is 0.00777. The second-order valence-corrected chi connectivity index (χ2v) is 6.66. The van der Waals surface area contributed by atoms with Gasteiger partial charge in [-0.1, -0.05) is 19.1 Å². The summed E-state index contributed by atoms with van der Waals surface area (Å²) in [5.74, 6) is -0.623. The number of alkyl halides is 3. The van der Waals surface area contributed by atoms with Crippen molar-refractivity contribution in [3.05, 3.63) is 58.7 Å². The van der Waals surface area contributed by atoms with E-state index >= 15 is 0 Å². The van der Waals surface area contributed by atoms with E-state index in [2.05, 4.69) is 5.32 Å². The average molecular weight is 362 g/mol. The van der Waals surface area contributed by atoms with Gasteiger partial charge in [0.2, 0.25) is 0 Å². The number of nitrogens with zero attached hydrogens (tertiary/aromatic N) is 1. The normalized spacial score (nSPS) is 16.8. The van der Waals surface area contributed by atoms with Gasteiger partial charge in [-0.25, -0.2) is 0 Å². The van der Waals surface area contributed by atoms with Crippen molar-refractivity contribution in [3.63, 3.8) is 0 Å². The van der Waals surface area contributed by atoms with E-state index in [0.717, 1.165) is 29.3 Å². The molecule has 2 aromatic carbocycles. The molecule has 0 fully saturated rings. The van der Waals surface area contributed by atoms with Gasteiger partial charge in [0.1, 0.15) is 0 Å². The fourth-order valence-corrected chi connectivity index (χ4v) is 3.21. The van der Waals surface area contributed by atoms with E-state index in [1.54, 1.807) is 0 Å². The Labute approximate surface area is 150 Å². The number of carbonyl (C=O) groups excluding carboxylic acids is 1. The molecule has 0 radical (unpaired) electrons. The maximum atomic E-state index is 13.3. The Morgan fingerprint density at radius 3 is 2.50 bits per heavy atom. The van der Waals surface area contributed by atoms with Gasteiger partial charge in [0.15, 0.2) is 0 Å². The van der Waals surface area contributed by atoms with Crippen LogP contribution in [0.2, 0.25) is 0 Å². The molecule has 3 nitrogen and oxygen atoms in total. The molecule has 0 saturated heterocycles. The van der Waals surface area contributed by atoms with Gasteiger partial charge in [-0.3, -0.25) is 4.79 Å². The number of amides is 1. The van der Waals surface area contributed by atoms with Crippen LogP contribution in [-0.4, -0.2) is 18.5 Å². The van der Waals surface area contributed by atoms with Gasteiger partial charge in [0.25, 0.3) is 5.91 Å². The maximum Gasteiger partial charge on any atom is 0.417 e. The molecule has 1 aliphatic rings. The Morgan fingerprint density at radius 1 is 1.19 bits per heavy atom. The molecule has 1 aliphatic heterocycles. The van der Waals surface area contributed by atoms with E-state index in [9.17, 15) is 18.0 Å². The second kappa shape index (κ2) is 6.67. The van der Waals surface area contributed by atoms with Crippen molar-refractivity contribution < 1.29 is 18.0 Å². The molecule has 0 aromatic heterocycles. The van der Waals surface area contributed by atoms with Gasteiger partial charge in [-0.2, -0.15) is 13.2 Å². The Morgan fingerprint density at radius 2 is 1.85 bits per heavy atom. The third kappa shape index (κ3) is 3.28. The highest BCUT2D eigenvalue weighted by molar-refractivity contribution is 6.09. The summed E-state index contributed by atoms with van der Waals surface area (Å²) in [5, 5.41) is 3.38. The Kier molecular flexibility index (Phi) is 4.69. The van der Waals surface area contributed by atoms with Crippen LogP contribution in [0.3, 0.4) is 0 Å². The molecule has 0 bridgehead atoms. The van der Waals surface area contributed by atoms with E-state index in [4.69, 9.17) is 0 Å². The first-order valence-electron chi connectivity index (χ1n) is 8.58.